The first-order chi connectivity index (χ1) is 8.11. The Hall–Kier alpha value is -1.03. The molecule has 1 aliphatic rings. The van der Waals surface area contributed by atoms with Crippen LogP contribution < -0.4 is 4.74 Å². The van der Waals surface area contributed by atoms with Gasteiger partial charge in [0.05, 0.1) is 18.7 Å². The van der Waals surface area contributed by atoms with Crippen LogP contribution in [0.2, 0.25) is 0 Å². The topological polar surface area (TPSA) is 30.8 Å². The molecule has 17 heavy (non-hydrogen) atoms. The number of halogens is 1. The fourth-order valence-corrected chi connectivity index (χ4v) is 2.09. The van der Waals surface area contributed by atoms with Crippen LogP contribution in [0.5, 0.6) is 5.75 Å². The first kappa shape index (κ1) is 12.4. The van der Waals surface area contributed by atoms with E-state index in [1.807, 2.05) is 18.2 Å². The van der Waals surface area contributed by atoms with Gasteiger partial charge in [-0.3, -0.25) is 0 Å². The van der Waals surface area contributed by atoms with Crippen LogP contribution in [0, 0.1) is 5.92 Å². The van der Waals surface area contributed by atoms with Crippen LogP contribution in [0.25, 0.3) is 0 Å². The average molecular weight is 298 g/mol. The van der Waals surface area contributed by atoms with Gasteiger partial charge in [-0.2, -0.15) is 0 Å². The smallest absolute Gasteiger partial charge is 0.220 e. The molecule has 0 aromatic heterocycles. The second-order valence-corrected chi connectivity index (χ2v) is 5.32. The molecule has 0 saturated carbocycles. The van der Waals surface area contributed by atoms with Crippen molar-refractivity contribution in [3.05, 3.63) is 28.2 Å². The van der Waals surface area contributed by atoms with Gasteiger partial charge in [-0.1, -0.05) is 29.8 Å². The number of aliphatic imine (C=N–C) groups is 1. The maximum Gasteiger partial charge on any atom is 0.220 e. The molecule has 1 heterocycles. The van der Waals surface area contributed by atoms with E-state index < -0.39 is 0 Å². The van der Waals surface area contributed by atoms with E-state index >= 15 is 0 Å². The molecule has 1 atom stereocenters. The molecule has 3 nitrogen and oxygen atoms in total. The monoisotopic (exact) mass is 297 g/mol. The molecule has 0 bridgehead atoms. The summed E-state index contributed by atoms with van der Waals surface area (Å²) in [7, 11) is 1.65. The highest BCUT2D eigenvalue weighted by molar-refractivity contribution is 9.10. The summed E-state index contributed by atoms with van der Waals surface area (Å²) >= 11 is 3.45. The lowest BCUT2D eigenvalue weighted by Gasteiger charge is -2.08. The molecule has 0 fully saturated rings. The zero-order chi connectivity index (χ0) is 12.4. The number of rotatable bonds is 3. The lowest BCUT2D eigenvalue weighted by molar-refractivity contribution is 0.291. The predicted octanol–water partition coefficient (Wildman–Crippen LogP) is 3.26. The maximum atomic E-state index is 5.66. The summed E-state index contributed by atoms with van der Waals surface area (Å²) in [6.07, 6.45) is 0. The maximum absolute atomic E-state index is 5.66. The number of methoxy groups -OCH3 is 1. The summed E-state index contributed by atoms with van der Waals surface area (Å²) < 4.78 is 12.0. The highest BCUT2D eigenvalue weighted by Gasteiger charge is 2.24. The molecule has 0 N–H and O–H groups in total. The van der Waals surface area contributed by atoms with Crippen LogP contribution >= 0.6 is 15.9 Å². The van der Waals surface area contributed by atoms with Crippen molar-refractivity contribution < 1.29 is 9.47 Å². The lowest BCUT2D eigenvalue weighted by atomic mass is 10.1. The average Bonchev–Trinajstić information content (AvgIpc) is 2.78. The normalized spacial score (nSPS) is 19.1. The van der Waals surface area contributed by atoms with Gasteiger partial charge in [0.15, 0.2) is 0 Å². The molecule has 1 aromatic rings. The minimum Gasteiger partial charge on any atom is -0.496 e. The van der Waals surface area contributed by atoms with Crippen molar-refractivity contribution in [2.45, 2.75) is 19.9 Å². The Kier molecular flexibility index (Phi) is 3.72. The van der Waals surface area contributed by atoms with Gasteiger partial charge < -0.3 is 9.47 Å². The predicted molar refractivity (Wildman–Crippen MR) is 71.8 cm³/mol. The molecule has 0 spiro atoms. The first-order valence-corrected chi connectivity index (χ1v) is 6.45. The molecule has 92 valence electrons. The summed E-state index contributed by atoms with van der Waals surface area (Å²) in [5.74, 6) is 1.96. The Balaban J connectivity index is 2.34. The van der Waals surface area contributed by atoms with Gasteiger partial charge in [0, 0.05) is 4.47 Å². The van der Waals surface area contributed by atoms with Gasteiger partial charge in [-0.25, -0.2) is 4.99 Å². The van der Waals surface area contributed by atoms with E-state index in [9.17, 15) is 0 Å². The molecule has 0 saturated heterocycles. The fourth-order valence-electron chi connectivity index (χ4n) is 1.73. The third-order valence-electron chi connectivity index (χ3n) is 2.84. The van der Waals surface area contributed by atoms with Crippen molar-refractivity contribution >= 4 is 21.8 Å². The van der Waals surface area contributed by atoms with Crippen molar-refractivity contribution in [3.63, 3.8) is 0 Å². The minimum absolute atomic E-state index is 0.244. The van der Waals surface area contributed by atoms with E-state index in [4.69, 9.17) is 9.47 Å². The second kappa shape index (κ2) is 5.08. The quantitative estimate of drug-likeness (QED) is 0.857. The third-order valence-corrected chi connectivity index (χ3v) is 3.33. The highest BCUT2D eigenvalue weighted by Crippen LogP contribution is 2.27. The van der Waals surface area contributed by atoms with E-state index in [1.165, 1.54) is 0 Å². The zero-order valence-electron chi connectivity index (χ0n) is 10.2. The van der Waals surface area contributed by atoms with E-state index in [0.29, 0.717) is 18.4 Å². The highest BCUT2D eigenvalue weighted by atomic mass is 79.9. The molecular formula is C13H16BrNO2. The van der Waals surface area contributed by atoms with E-state index in [0.717, 1.165) is 15.8 Å². The Morgan fingerprint density at radius 1 is 1.47 bits per heavy atom. The molecule has 0 amide bonds. The van der Waals surface area contributed by atoms with E-state index in [1.54, 1.807) is 7.11 Å². The van der Waals surface area contributed by atoms with Crippen LogP contribution in [-0.4, -0.2) is 25.7 Å². The molecule has 2 rings (SSSR count). The van der Waals surface area contributed by atoms with Crippen molar-refractivity contribution in [2.75, 3.05) is 13.7 Å². The standard InChI is InChI=1S/C13H16BrNO2/c1-8(2)11-7-17-13(15-11)10-6-9(14)4-5-12(10)16-3/h4-6,8,11H,7H2,1-3H3. The van der Waals surface area contributed by atoms with Crippen molar-refractivity contribution in [3.8, 4) is 5.75 Å². The Morgan fingerprint density at radius 2 is 2.24 bits per heavy atom. The third kappa shape index (κ3) is 2.63. The Bertz CT molecular complexity index is 443. The second-order valence-electron chi connectivity index (χ2n) is 4.40. The Labute approximate surface area is 110 Å². The number of nitrogens with zero attached hydrogens (tertiary/aromatic N) is 1. The van der Waals surface area contributed by atoms with Crippen molar-refractivity contribution in [2.24, 2.45) is 10.9 Å². The largest absolute Gasteiger partial charge is 0.496 e. The lowest BCUT2D eigenvalue weighted by Crippen LogP contribution is -2.13. The van der Waals surface area contributed by atoms with Crippen LogP contribution in [0.3, 0.4) is 0 Å². The summed E-state index contributed by atoms with van der Waals surface area (Å²) in [5.41, 5.74) is 0.907. The fraction of sp³-hybridized carbons (Fsp3) is 0.462. The van der Waals surface area contributed by atoms with Gasteiger partial charge in [-0.15, -0.1) is 0 Å². The molecule has 0 aliphatic carbocycles. The number of ether oxygens (including phenoxy) is 2. The number of hydrogen-bond donors (Lipinski definition) is 0. The van der Waals surface area contributed by atoms with Crippen LogP contribution in [0.15, 0.2) is 27.7 Å². The van der Waals surface area contributed by atoms with Crippen molar-refractivity contribution in [1.29, 1.82) is 0 Å². The molecule has 1 aliphatic heterocycles. The van der Waals surface area contributed by atoms with Crippen LogP contribution in [-0.2, 0) is 4.74 Å². The first-order valence-electron chi connectivity index (χ1n) is 5.66. The minimum atomic E-state index is 0.244. The zero-order valence-corrected chi connectivity index (χ0v) is 11.8. The summed E-state index contributed by atoms with van der Waals surface area (Å²) in [4.78, 5) is 4.60. The van der Waals surface area contributed by atoms with E-state index in [2.05, 4.69) is 34.8 Å². The molecular weight excluding hydrogens is 282 g/mol. The van der Waals surface area contributed by atoms with Gasteiger partial charge >= 0.3 is 0 Å². The van der Waals surface area contributed by atoms with Gasteiger partial charge in [-0.05, 0) is 24.1 Å². The molecule has 4 heteroatoms. The van der Waals surface area contributed by atoms with Gasteiger partial charge in [0.2, 0.25) is 5.90 Å². The van der Waals surface area contributed by atoms with Crippen LogP contribution in [0.4, 0.5) is 0 Å². The SMILES string of the molecule is COc1ccc(Br)cc1C1=NC(C(C)C)CO1. The molecule has 1 unspecified atom stereocenters. The number of benzene rings is 1. The Morgan fingerprint density at radius 3 is 2.82 bits per heavy atom. The van der Waals surface area contributed by atoms with Gasteiger partial charge in [0.1, 0.15) is 12.4 Å². The molecule has 1 aromatic carbocycles. The molecule has 0 radical (unpaired) electrons. The van der Waals surface area contributed by atoms with Crippen LogP contribution in [0.1, 0.15) is 19.4 Å². The van der Waals surface area contributed by atoms with Gasteiger partial charge in [0.25, 0.3) is 0 Å². The summed E-state index contributed by atoms with van der Waals surface area (Å²) in [6, 6.07) is 6.07. The van der Waals surface area contributed by atoms with Crippen molar-refractivity contribution in [1.82, 2.24) is 0 Å². The number of hydrogen-bond acceptors (Lipinski definition) is 3. The van der Waals surface area contributed by atoms with E-state index in [-0.39, 0.29) is 6.04 Å². The summed E-state index contributed by atoms with van der Waals surface area (Å²) in [6.45, 7) is 4.96. The summed E-state index contributed by atoms with van der Waals surface area (Å²) in [5, 5.41) is 0.